The molecule has 5 nitrogen and oxygen atoms in total. The van der Waals surface area contributed by atoms with E-state index in [1.165, 1.54) is 13.2 Å². The van der Waals surface area contributed by atoms with Crippen molar-refractivity contribution in [2.24, 2.45) is 0 Å². The van der Waals surface area contributed by atoms with Crippen molar-refractivity contribution in [3.05, 3.63) is 23.3 Å². The fraction of sp³-hybridized carbons (Fsp3) is 0.286. The Morgan fingerprint density at radius 2 is 1.84 bits per heavy atom. The van der Waals surface area contributed by atoms with Crippen LogP contribution in [0.5, 0.6) is 17.2 Å². The smallest absolute Gasteiger partial charge is 0.164 e. The molecule has 1 aliphatic heterocycles. The summed E-state index contributed by atoms with van der Waals surface area (Å²) in [6, 6.07) is 7.06. The normalized spacial score (nSPS) is 12.6. The highest BCUT2D eigenvalue weighted by atomic mass is 16.5. The summed E-state index contributed by atoms with van der Waals surface area (Å²) in [5.41, 5.74) is 0.623. The van der Waals surface area contributed by atoms with Gasteiger partial charge in [0.15, 0.2) is 11.5 Å². The lowest BCUT2D eigenvalue weighted by Crippen LogP contribution is -1.97. The molecule has 0 amide bonds. The van der Waals surface area contributed by atoms with Crippen LogP contribution >= 0.6 is 0 Å². The summed E-state index contributed by atoms with van der Waals surface area (Å²) < 4.78 is 16.4. The van der Waals surface area contributed by atoms with Crippen molar-refractivity contribution in [2.75, 3.05) is 20.3 Å². The van der Waals surface area contributed by atoms with Crippen LogP contribution in [0.25, 0.3) is 6.08 Å². The number of benzene rings is 1. The van der Waals surface area contributed by atoms with Crippen LogP contribution in [0.4, 0.5) is 0 Å². The van der Waals surface area contributed by atoms with Gasteiger partial charge in [-0.2, -0.15) is 10.5 Å². The van der Waals surface area contributed by atoms with E-state index < -0.39 is 0 Å². The maximum absolute atomic E-state index is 8.80. The Kier molecular flexibility index (Phi) is 3.90. The molecular weight excluding hydrogens is 244 g/mol. The molecule has 0 saturated carbocycles. The van der Waals surface area contributed by atoms with Crippen LogP contribution in [-0.2, 0) is 0 Å². The third-order valence-corrected chi connectivity index (χ3v) is 2.64. The molecule has 0 aliphatic carbocycles. The molecule has 1 aliphatic rings. The standard InChI is InChI=1S/C14H12N2O3/c1-17-12-7-14-13(18-3-2-4-19-14)6-11(12)5-10(8-15)9-16/h5-7H,2-4H2,1H3. The topological polar surface area (TPSA) is 75.3 Å². The number of ether oxygens (including phenoxy) is 3. The summed E-state index contributed by atoms with van der Waals surface area (Å²) in [6.45, 7) is 1.17. The minimum Gasteiger partial charge on any atom is -0.496 e. The summed E-state index contributed by atoms with van der Waals surface area (Å²) in [7, 11) is 1.52. The summed E-state index contributed by atoms with van der Waals surface area (Å²) in [4.78, 5) is 0. The molecule has 0 radical (unpaired) electrons. The van der Waals surface area contributed by atoms with Crippen LogP contribution in [0.15, 0.2) is 17.7 Å². The van der Waals surface area contributed by atoms with Crippen molar-refractivity contribution in [3.8, 4) is 29.4 Å². The van der Waals surface area contributed by atoms with E-state index in [2.05, 4.69) is 0 Å². The number of rotatable bonds is 2. The van der Waals surface area contributed by atoms with Gasteiger partial charge in [-0.1, -0.05) is 0 Å². The van der Waals surface area contributed by atoms with E-state index in [-0.39, 0.29) is 5.57 Å². The molecule has 0 aromatic heterocycles. The third kappa shape index (κ3) is 2.78. The van der Waals surface area contributed by atoms with Gasteiger partial charge in [-0.05, 0) is 12.1 Å². The molecule has 1 aromatic rings. The maximum Gasteiger partial charge on any atom is 0.164 e. The van der Waals surface area contributed by atoms with Crippen molar-refractivity contribution < 1.29 is 14.2 Å². The van der Waals surface area contributed by atoms with Crippen LogP contribution in [0.3, 0.4) is 0 Å². The summed E-state index contributed by atoms with van der Waals surface area (Å²) in [5.74, 6) is 1.74. The number of hydrogen-bond donors (Lipinski definition) is 0. The molecule has 0 bridgehead atoms. The summed E-state index contributed by atoms with van der Waals surface area (Å²) in [6.07, 6.45) is 2.27. The fourth-order valence-corrected chi connectivity index (χ4v) is 1.74. The van der Waals surface area contributed by atoms with Gasteiger partial charge in [0, 0.05) is 18.1 Å². The second-order valence-electron chi connectivity index (χ2n) is 3.87. The fourth-order valence-electron chi connectivity index (χ4n) is 1.74. The summed E-state index contributed by atoms with van der Waals surface area (Å²) in [5, 5.41) is 17.6. The van der Waals surface area contributed by atoms with Gasteiger partial charge in [0.2, 0.25) is 0 Å². The van der Waals surface area contributed by atoms with E-state index in [1.807, 2.05) is 12.1 Å². The largest absolute Gasteiger partial charge is 0.496 e. The molecule has 0 fully saturated rings. The Labute approximate surface area is 111 Å². The van der Waals surface area contributed by atoms with E-state index in [0.717, 1.165) is 6.42 Å². The first kappa shape index (κ1) is 12.8. The van der Waals surface area contributed by atoms with Gasteiger partial charge in [-0.15, -0.1) is 0 Å². The lowest BCUT2D eigenvalue weighted by molar-refractivity contribution is 0.296. The van der Waals surface area contributed by atoms with E-state index in [4.69, 9.17) is 24.7 Å². The number of nitriles is 2. The SMILES string of the molecule is COc1cc2c(cc1C=C(C#N)C#N)OCCCO2. The predicted molar refractivity (Wildman–Crippen MR) is 67.8 cm³/mol. The Balaban J connectivity index is 2.50. The number of methoxy groups -OCH3 is 1. The van der Waals surface area contributed by atoms with Crippen molar-refractivity contribution in [3.63, 3.8) is 0 Å². The Morgan fingerprint density at radius 1 is 1.21 bits per heavy atom. The molecule has 2 rings (SSSR count). The molecule has 0 unspecified atom stereocenters. The lowest BCUT2D eigenvalue weighted by atomic mass is 10.1. The van der Waals surface area contributed by atoms with E-state index in [0.29, 0.717) is 36.0 Å². The van der Waals surface area contributed by atoms with Crippen molar-refractivity contribution >= 4 is 6.08 Å². The average molecular weight is 256 g/mol. The van der Waals surface area contributed by atoms with Crippen molar-refractivity contribution in [2.45, 2.75) is 6.42 Å². The first-order valence-electron chi connectivity index (χ1n) is 5.78. The van der Waals surface area contributed by atoms with Gasteiger partial charge in [-0.3, -0.25) is 0 Å². The number of allylic oxidation sites excluding steroid dienone is 1. The highest BCUT2D eigenvalue weighted by Crippen LogP contribution is 2.37. The zero-order chi connectivity index (χ0) is 13.7. The molecule has 96 valence electrons. The first-order valence-corrected chi connectivity index (χ1v) is 5.78. The van der Waals surface area contributed by atoms with Gasteiger partial charge < -0.3 is 14.2 Å². The molecule has 0 saturated heterocycles. The third-order valence-electron chi connectivity index (χ3n) is 2.64. The number of fused-ring (bicyclic) bond motifs is 1. The maximum atomic E-state index is 8.80. The van der Waals surface area contributed by atoms with Crippen LogP contribution in [0.1, 0.15) is 12.0 Å². The zero-order valence-electron chi connectivity index (χ0n) is 10.5. The van der Waals surface area contributed by atoms with Crippen LogP contribution < -0.4 is 14.2 Å². The van der Waals surface area contributed by atoms with Gasteiger partial charge in [-0.25, -0.2) is 0 Å². The van der Waals surface area contributed by atoms with E-state index >= 15 is 0 Å². The van der Waals surface area contributed by atoms with Crippen LogP contribution in [-0.4, -0.2) is 20.3 Å². The Bertz CT molecular complexity index is 578. The molecule has 0 N–H and O–H groups in total. The molecule has 19 heavy (non-hydrogen) atoms. The monoisotopic (exact) mass is 256 g/mol. The first-order chi connectivity index (χ1) is 9.28. The zero-order valence-corrected chi connectivity index (χ0v) is 10.5. The average Bonchev–Trinajstić information content (AvgIpc) is 2.68. The minimum atomic E-state index is 0.00721. The number of hydrogen-bond acceptors (Lipinski definition) is 5. The highest BCUT2D eigenvalue weighted by molar-refractivity contribution is 5.69. The van der Waals surface area contributed by atoms with Crippen LogP contribution in [0, 0.1) is 22.7 Å². The molecule has 0 spiro atoms. The predicted octanol–water partition coefficient (Wildman–Crippen LogP) is 2.29. The van der Waals surface area contributed by atoms with Crippen molar-refractivity contribution in [1.82, 2.24) is 0 Å². The van der Waals surface area contributed by atoms with E-state index in [1.54, 1.807) is 12.1 Å². The van der Waals surface area contributed by atoms with Gasteiger partial charge in [0.05, 0.1) is 20.3 Å². The second-order valence-corrected chi connectivity index (χ2v) is 3.87. The molecule has 5 heteroatoms. The van der Waals surface area contributed by atoms with Gasteiger partial charge in [0.25, 0.3) is 0 Å². The minimum absolute atomic E-state index is 0.00721. The molecule has 0 atom stereocenters. The van der Waals surface area contributed by atoms with Gasteiger partial charge in [0.1, 0.15) is 23.5 Å². The Morgan fingerprint density at radius 3 is 2.42 bits per heavy atom. The number of nitrogens with zero attached hydrogens (tertiary/aromatic N) is 2. The van der Waals surface area contributed by atoms with Crippen LogP contribution in [0.2, 0.25) is 0 Å². The van der Waals surface area contributed by atoms with Crippen molar-refractivity contribution in [1.29, 1.82) is 10.5 Å². The Hall–Kier alpha value is -2.66. The highest BCUT2D eigenvalue weighted by Gasteiger charge is 2.14. The van der Waals surface area contributed by atoms with E-state index in [9.17, 15) is 0 Å². The summed E-state index contributed by atoms with van der Waals surface area (Å²) >= 11 is 0. The van der Waals surface area contributed by atoms with Gasteiger partial charge >= 0.3 is 0 Å². The quantitative estimate of drug-likeness (QED) is 0.759. The molecular formula is C14H12N2O3. The lowest BCUT2D eigenvalue weighted by Gasteiger charge is -2.11. The second kappa shape index (κ2) is 5.79. The molecule has 1 heterocycles. The molecule has 1 aromatic carbocycles.